The number of hydrogen-bond donors (Lipinski definition) is 2. The largest absolute Gasteiger partial charge is 0.481 e. The van der Waals surface area contributed by atoms with Crippen molar-refractivity contribution in [2.75, 3.05) is 12.8 Å². The summed E-state index contributed by atoms with van der Waals surface area (Å²) in [6, 6.07) is 0. The fourth-order valence-electron chi connectivity index (χ4n) is 0.905. The molecule has 0 unspecified atom stereocenters. The fraction of sp³-hybridized carbons (Fsp3) is 0.222. The first-order valence-corrected chi connectivity index (χ1v) is 4.18. The molecule has 0 aliphatic heterocycles. The molecule has 0 aromatic carbocycles. The minimum atomic E-state index is -0.901. The Kier molecular flexibility index (Phi) is 3.61. The van der Waals surface area contributed by atoms with Gasteiger partial charge in [-0.25, -0.2) is 9.97 Å². The molecule has 6 heteroatoms. The molecule has 1 rings (SSSR count). The number of ether oxygens (including phenoxy) is 1. The average Bonchev–Trinajstić information content (AvgIpc) is 2.20. The summed E-state index contributed by atoms with van der Waals surface area (Å²) in [6.45, 7) is 0. The van der Waals surface area contributed by atoms with E-state index in [-0.39, 0.29) is 18.1 Å². The molecule has 0 saturated heterocycles. The van der Waals surface area contributed by atoms with E-state index in [1.165, 1.54) is 19.4 Å². The van der Waals surface area contributed by atoms with Crippen molar-refractivity contribution in [3.8, 4) is 5.88 Å². The summed E-state index contributed by atoms with van der Waals surface area (Å²) >= 11 is 0. The zero-order valence-electron chi connectivity index (χ0n) is 8.17. The van der Waals surface area contributed by atoms with Crippen molar-refractivity contribution in [1.29, 1.82) is 0 Å². The van der Waals surface area contributed by atoms with Crippen molar-refractivity contribution in [3.05, 3.63) is 18.0 Å². The number of carbonyl (C=O) groups is 1. The molecule has 0 spiro atoms. The quantitative estimate of drug-likeness (QED) is 0.751. The lowest BCUT2D eigenvalue weighted by molar-refractivity contribution is -0.135. The van der Waals surface area contributed by atoms with E-state index >= 15 is 0 Å². The molecule has 1 aromatic heterocycles. The van der Waals surface area contributed by atoms with E-state index in [0.717, 1.165) is 0 Å². The lowest BCUT2D eigenvalue weighted by atomic mass is 10.3. The van der Waals surface area contributed by atoms with E-state index in [0.29, 0.717) is 5.69 Å². The number of nitrogen functional groups attached to an aromatic ring is 1. The van der Waals surface area contributed by atoms with E-state index in [9.17, 15) is 4.79 Å². The van der Waals surface area contributed by atoms with Crippen molar-refractivity contribution in [3.63, 3.8) is 0 Å². The van der Waals surface area contributed by atoms with Crippen LogP contribution in [-0.2, 0) is 4.79 Å². The highest BCUT2D eigenvalue weighted by molar-refractivity contribution is 5.70. The van der Waals surface area contributed by atoms with Crippen LogP contribution in [0, 0.1) is 0 Å². The van der Waals surface area contributed by atoms with Gasteiger partial charge < -0.3 is 15.6 Å². The SMILES string of the molecule is COc1nc(C=CCC(=O)O)cnc1N. The third-order valence-corrected chi connectivity index (χ3v) is 1.56. The number of rotatable bonds is 4. The summed E-state index contributed by atoms with van der Waals surface area (Å²) < 4.78 is 4.86. The van der Waals surface area contributed by atoms with E-state index in [1.807, 2.05) is 0 Å². The normalized spacial score (nSPS) is 10.5. The van der Waals surface area contributed by atoms with E-state index in [1.54, 1.807) is 6.08 Å². The first-order valence-electron chi connectivity index (χ1n) is 4.18. The van der Waals surface area contributed by atoms with Crippen LogP contribution in [0.5, 0.6) is 5.88 Å². The first-order chi connectivity index (χ1) is 7.13. The van der Waals surface area contributed by atoms with Crippen molar-refractivity contribution >= 4 is 17.9 Å². The van der Waals surface area contributed by atoms with Gasteiger partial charge >= 0.3 is 5.97 Å². The van der Waals surface area contributed by atoms with E-state index < -0.39 is 5.97 Å². The van der Waals surface area contributed by atoms with Crippen molar-refractivity contribution < 1.29 is 14.6 Å². The molecular formula is C9H11N3O3. The highest BCUT2D eigenvalue weighted by atomic mass is 16.5. The number of anilines is 1. The molecule has 1 aromatic rings. The van der Waals surface area contributed by atoms with Crippen LogP contribution < -0.4 is 10.5 Å². The second-order valence-electron chi connectivity index (χ2n) is 2.69. The zero-order valence-corrected chi connectivity index (χ0v) is 8.17. The van der Waals surface area contributed by atoms with Crippen LogP contribution >= 0.6 is 0 Å². The number of methoxy groups -OCH3 is 1. The number of nitrogens with two attached hydrogens (primary N) is 1. The van der Waals surface area contributed by atoms with Gasteiger partial charge in [-0.2, -0.15) is 0 Å². The lowest BCUT2D eigenvalue weighted by Crippen LogP contribution is -1.99. The van der Waals surface area contributed by atoms with Crippen molar-refractivity contribution in [2.24, 2.45) is 0 Å². The molecular weight excluding hydrogens is 198 g/mol. The smallest absolute Gasteiger partial charge is 0.307 e. The lowest BCUT2D eigenvalue weighted by Gasteiger charge is -2.01. The van der Waals surface area contributed by atoms with Gasteiger partial charge in [0.15, 0.2) is 5.82 Å². The molecule has 0 aliphatic rings. The molecule has 3 N–H and O–H groups in total. The molecule has 0 radical (unpaired) electrons. The maximum absolute atomic E-state index is 10.2. The molecule has 1 heterocycles. The first kappa shape index (κ1) is 11.0. The second-order valence-corrected chi connectivity index (χ2v) is 2.69. The predicted octanol–water partition coefficient (Wildman–Crippen LogP) is 0.555. The third kappa shape index (κ3) is 3.26. The highest BCUT2D eigenvalue weighted by Gasteiger charge is 2.01. The van der Waals surface area contributed by atoms with Crippen LogP contribution in [0.4, 0.5) is 5.82 Å². The molecule has 0 amide bonds. The summed E-state index contributed by atoms with van der Waals surface area (Å²) in [6.07, 6.45) is 4.40. The van der Waals surface area contributed by atoms with Gasteiger partial charge in [0.1, 0.15) is 0 Å². The summed E-state index contributed by atoms with van der Waals surface area (Å²) in [5.74, 6) is -0.470. The molecule has 0 aliphatic carbocycles. The Labute approximate surface area is 86.4 Å². The average molecular weight is 209 g/mol. The van der Waals surface area contributed by atoms with Gasteiger partial charge in [-0.15, -0.1) is 0 Å². The molecule has 6 nitrogen and oxygen atoms in total. The van der Waals surface area contributed by atoms with Crippen LogP contribution in [0.2, 0.25) is 0 Å². The third-order valence-electron chi connectivity index (χ3n) is 1.56. The Bertz CT molecular complexity index is 390. The summed E-state index contributed by atoms with van der Waals surface area (Å²) in [4.78, 5) is 18.1. The standard InChI is InChI=1S/C9H11N3O3/c1-15-9-8(10)11-5-6(12-9)3-2-4-7(13)14/h2-3,5H,4H2,1H3,(H2,10,11)(H,13,14). The number of aromatic nitrogens is 2. The van der Waals surface area contributed by atoms with Gasteiger partial charge in [0.25, 0.3) is 5.88 Å². The Morgan fingerprint density at radius 1 is 1.73 bits per heavy atom. The fourth-order valence-corrected chi connectivity index (χ4v) is 0.905. The van der Waals surface area contributed by atoms with E-state index in [2.05, 4.69) is 9.97 Å². The van der Waals surface area contributed by atoms with Gasteiger partial charge in [-0.05, 0) is 6.08 Å². The highest BCUT2D eigenvalue weighted by Crippen LogP contribution is 2.14. The maximum Gasteiger partial charge on any atom is 0.307 e. The van der Waals surface area contributed by atoms with Gasteiger partial charge in [-0.1, -0.05) is 6.08 Å². The van der Waals surface area contributed by atoms with Crippen LogP contribution in [0.15, 0.2) is 12.3 Å². The molecule has 0 saturated carbocycles. The molecule has 0 fully saturated rings. The van der Waals surface area contributed by atoms with Crippen molar-refractivity contribution in [2.45, 2.75) is 6.42 Å². The molecule has 0 bridgehead atoms. The van der Waals surface area contributed by atoms with Gasteiger partial charge in [-0.3, -0.25) is 4.79 Å². The molecule has 15 heavy (non-hydrogen) atoms. The van der Waals surface area contributed by atoms with Crippen LogP contribution in [0.1, 0.15) is 12.1 Å². The minimum absolute atomic E-state index is 0.0611. The van der Waals surface area contributed by atoms with E-state index in [4.69, 9.17) is 15.6 Å². The predicted molar refractivity (Wildman–Crippen MR) is 54.3 cm³/mol. The number of carboxylic acid groups (broad SMARTS) is 1. The Balaban J connectivity index is 2.78. The van der Waals surface area contributed by atoms with Gasteiger partial charge in [0, 0.05) is 0 Å². The monoisotopic (exact) mass is 209 g/mol. The number of carboxylic acids is 1. The van der Waals surface area contributed by atoms with Crippen molar-refractivity contribution in [1.82, 2.24) is 9.97 Å². The molecule has 0 atom stereocenters. The number of nitrogens with zero attached hydrogens (tertiary/aromatic N) is 2. The van der Waals surface area contributed by atoms with Crippen LogP contribution in [0.25, 0.3) is 6.08 Å². The molecule has 80 valence electrons. The maximum atomic E-state index is 10.2. The Morgan fingerprint density at radius 2 is 2.47 bits per heavy atom. The number of hydrogen-bond acceptors (Lipinski definition) is 5. The summed E-state index contributed by atoms with van der Waals surface area (Å²) in [5.41, 5.74) is 5.96. The Morgan fingerprint density at radius 3 is 3.07 bits per heavy atom. The number of aliphatic carboxylic acids is 1. The summed E-state index contributed by atoms with van der Waals surface area (Å²) in [5, 5.41) is 8.40. The minimum Gasteiger partial charge on any atom is -0.481 e. The Hall–Kier alpha value is -2.11. The summed E-state index contributed by atoms with van der Waals surface area (Å²) in [7, 11) is 1.44. The van der Waals surface area contributed by atoms with Gasteiger partial charge in [0.05, 0.1) is 25.4 Å². The van der Waals surface area contributed by atoms with Gasteiger partial charge in [0.2, 0.25) is 0 Å². The van der Waals surface area contributed by atoms with Crippen LogP contribution in [-0.4, -0.2) is 28.2 Å². The zero-order chi connectivity index (χ0) is 11.3. The topological polar surface area (TPSA) is 98.3 Å². The van der Waals surface area contributed by atoms with Crippen LogP contribution in [0.3, 0.4) is 0 Å². The second kappa shape index (κ2) is 4.94.